The summed E-state index contributed by atoms with van der Waals surface area (Å²) in [6.45, 7) is 9.17. The summed E-state index contributed by atoms with van der Waals surface area (Å²) in [4.78, 5) is 0. The lowest BCUT2D eigenvalue weighted by atomic mass is 9.89. The first-order valence-electron chi connectivity index (χ1n) is 5.66. The molecule has 17 heavy (non-hydrogen) atoms. The Morgan fingerprint density at radius 1 is 1.18 bits per heavy atom. The molecule has 0 amide bonds. The van der Waals surface area contributed by atoms with Gasteiger partial charge in [0.25, 0.3) is 0 Å². The summed E-state index contributed by atoms with van der Waals surface area (Å²) in [6, 6.07) is 0. The Kier molecular flexibility index (Phi) is 5.30. The molecule has 0 aromatic rings. The van der Waals surface area contributed by atoms with Crippen molar-refractivity contribution in [3.63, 3.8) is 0 Å². The molecule has 0 aliphatic rings. The minimum atomic E-state index is -4.62. The van der Waals surface area contributed by atoms with Crippen LogP contribution in [-0.2, 0) is 0 Å². The van der Waals surface area contributed by atoms with Crippen LogP contribution in [0.5, 0.6) is 0 Å². The van der Waals surface area contributed by atoms with Crippen LogP contribution < -0.4 is 0 Å². The number of hydrogen-bond donors (Lipinski definition) is 1. The first-order chi connectivity index (χ1) is 7.37. The maximum absolute atomic E-state index is 12.8. The fraction of sp³-hybridized carbons (Fsp3) is 0.833. The molecule has 0 radical (unpaired) electrons. The molecule has 0 aromatic heterocycles. The van der Waals surface area contributed by atoms with Crippen LogP contribution in [-0.4, -0.2) is 25.0 Å². The Morgan fingerprint density at radius 3 is 1.94 bits per heavy atom. The topological polar surface area (TPSA) is 20.2 Å². The lowest BCUT2D eigenvalue weighted by Crippen LogP contribution is -2.46. The van der Waals surface area contributed by atoms with Gasteiger partial charge >= 0.3 is 6.18 Å². The van der Waals surface area contributed by atoms with Gasteiger partial charge in [0.1, 0.15) is 8.07 Å². The molecule has 0 saturated heterocycles. The normalized spacial score (nSPS) is 16.4. The Morgan fingerprint density at radius 2 is 1.65 bits per heavy atom. The van der Waals surface area contributed by atoms with E-state index in [1.54, 1.807) is 13.8 Å². The monoisotopic (exact) mass is 266 g/mol. The second-order valence-corrected chi connectivity index (χ2v) is 10.6. The van der Waals surface area contributed by atoms with Crippen LogP contribution in [0.25, 0.3) is 0 Å². The van der Waals surface area contributed by atoms with Crippen LogP contribution in [0, 0.1) is 17.4 Å². The summed E-state index contributed by atoms with van der Waals surface area (Å²) in [5.41, 5.74) is 0.179. The van der Waals surface area contributed by atoms with Gasteiger partial charge in [-0.05, 0) is 12.3 Å². The molecule has 0 aromatic carbocycles. The summed E-state index contributed by atoms with van der Waals surface area (Å²) in [5, 5.41) is 9.70. The summed E-state index contributed by atoms with van der Waals surface area (Å²) in [5.74, 6) is 2.29. The second-order valence-electron chi connectivity index (χ2n) is 5.86. The Bertz CT molecular complexity index is 306. The van der Waals surface area contributed by atoms with Crippen molar-refractivity contribution in [2.45, 2.75) is 58.1 Å². The Hall–Kier alpha value is -0.473. The fourth-order valence-corrected chi connectivity index (χ4v) is 2.04. The van der Waals surface area contributed by atoms with Gasteiger partial charge in [-0.25, -0.2) is 0 Å². The van der Waals surface area contributed by atoms with Gasteiger partial charge in [-0.2, -0.15) is 13.2 Å². The zero-order valence-corrected chi connectivity index (χ0v) is 12.1. The molecule has 1 nitrogen and oxygen atoms in total. The minimum Gasteiger partial charge on any atom is -0.380 e. The minimum absolute atomic E-state index is 0.227. The predicted octanol–water partition coefficient (Wildman–Crippen LogP) is 3.60. The average Bonchev–Trinajstić information content (AvgIpc) is 1.96. The Labute approximate surface area is 102 Å². The first kappa shape index (κ1) is 16.5. The van der Waals surface area contributed by atoms with Crippen molar-refractivity contribution in [3.8, 4) is 11.5 Å². The van der Waals surface area contributed by atoms with Gasteiger partial charge in [-0.3, -0.25) is 0 Å². The molecular formula is C12H21F3OSi. The molecule has 0 aliphatic heterocycles. The van der Waals surface area contributed by atoms with Gasteiger partial charge in [0.15, 0.2) is 5.60 Å². The third-order valence-corrected chi connectivity index (χ3v) is 3.04. The lowest BCUT2D eigenvalue weighted by Gasteiger charge is -2.30. The maximum atomic E-state index is 12.8. The fourth-order valence-electron chi connectivity index (χ4n) is 1.42. The van der Waals surface area contributed by atoms with Crippen LogP contribution >= 0.6 is 0 Å². The van der Waals surface area contributed by atoms with Gasteiger partial charge in [-0.1, -0.05) is 33.5 Å². The van der Waals surface area contributed by atoms with E-state index in [2.05, 4.69) is 11.5 Å². The van der Waals surface area contributed by atoms with Crippen molar-refractivity contribution < 1.29 is 18.3 Å². The number of aliphatic hydroxyl groups is 1. The number of alkyl halides is 3. The van der Waals surface area contributed by atoms with Crippen molar-refractivity contribution in [1.29, 1.82) is 0 Å². The maximum Gasteiger partial charge on any atom is 0.418 e. The molecule has 0 spiro atoms. The molecule has 1 N–H and O–H groups in total. The van der Waals surface area contributed by atoms with Gasteiger partial charge in [0.05, 0.1) is 0 Å². The van der Waals surface area contributed by atoms with E-state index in [1.165, 1.54) is 0 Å². The number of rotatable bonds is 3. The van der Waals surface area contributed by atoms with E-state index in [9.17, 15) is 18.3 Å². The number of hydrogen-bond acceptors (Lipinski definition) is 1. The molecule has 100 valence electrons. The SMILES string of the molecule is CC(C)C[C@](O)(CC#C[Si](C)(C)C)C(F)(F)F. The largest absolute Gasteiger partial charge is 0.418 e. The lowest BCUT2D eigenvalue weighted by molar-refractivity contribution is -0.263. The zero-order chi connectivity index (χ0) is 13.9. The second kappa shape index (κ2) is 5.45. The van der Waals surface area contributed by atoms with Crippen molar-refractivity contribution >= 4 is 8.07 Å². The molecule has 0 unspecified atom stereocenters. The van der Waals surface area contributed by atoms with Gasteiger partial charge < -0.3 is 5.11 Å². The molecule has 0 heterocycles. The third-order valence-electron chi connectivity index (χ3n) is 2.12. The third kappa shape index (κ3) is 6.13. The van der Waals surface area contributed by atoms with Crippen molar-refractivity contribution in [2.75, 3.05) is 0 Å². The molecule has 0 fully saturated rings. The van der Waals surface area contributed by atoms with Crippen LogP contribution in [0.3, 0.4) is 0 Å². The molecule has 0 aliphatic carbocycles. The van der Waals surface area contributed by atoms with E-state index >= 15 is 0 Å². The van der Waals surface area contributed by atoms with E-state index in [4.69, 9.17) is 0 Å². The van der Waals surface area contributed by atoms with E-state index in [0.29, 0.717) is 0 Å². The van der Waals surface area contributed by atoms with E-state index in [0.717, 1.165) is 0 Å². The quantitative estimate of drug-likeness (QED) is 0.611. The van der Waals surface area contributed by atoms with Crippen LogP contribution in [0.15, 0.2) is 0 Å². The first-order valence-corrected chi connectivity index (χ1v) is 9.16. The summed E-state index contributed by atoms with van der Waals surface area (Å²) in [7, 11) is -1.70. The standard InChI is InChI=1S/C12H21F3OSi/c1-10(2)9-11(16,12(13,14)15)7-6-8-17(3,4)5/h10,16H,7,9H2,1-5H3/t11-/m1/s1. The molecule has 0 rings (SSSR count). The Balaban J connectivity index is 4.90. The highest BCUT2D eigenvalue weighted by Crippen LogP contribution is 2.37. The highest BCUT2D eigenvalue weighted by atomic mass is 28.3. The van der Waals surface area contributed by atoms with Gasteiger partial charge in [-0.15, -0.1) is 11.5 Å². The molecule has 0 bridgehead atoms. The summed E-state index contributed by atoms with van der Waals surface area (Å²) < 4.78 is 38.3. The van der Waals surface area contributed by atoms with E-state index < -0.39 is 26.3 Å². The van der Waals surface area contributed by atoms with Crippen LogP contribution in [0.1, 0.15) is 26.7 Å². The smallest absolute Gasteiger partial charge is 0.380 e. The summed E-state index contributed by atoms with van der Waals surface area (Å²) in [6.07, 6.45) is -5.46. The highest BCUT2D eigenvalue weighted by Gasteiger charge is 2.53. The van der Waals surface area contributed by atoms with Gasteiger partial charge in [0.2, 0.25) is 0 Å². The van der Waals surface area contributed by atoms with Gasteiger partial charge in [0, 0.05) is 6.42 Å². The zero-order valence-electron chi connectivity index (χ0n) is 11.1. The molecule has 5 heteroatoms. The van der Waals surface area contributed by atoms with E-state index in [-0.39, 0.29) is 12.3 Å². The predicted molar refractivity (Wildman–Crippen MR) is 66.2 cm³/mol. The van der Waals surface area contributed by atoms with E-state index in [1.807, 2.05) is 19.6 Å². The average molecular weight is 266 g/mol. The van der Waals surface area contributed by atoms with Crippen LogP contribution in [0.4, 0.5) is 13.2 Å². The van der Waals surface area contributed by atoms with Crippen molar-refractivity contribution in [3.05, 3.63) is 0 Å². The molecule has 1 atom stereocenters. The summed E-state index contributed by atoms with van der Waals surface area (Å²) >= 11 is 0. The highest BCUT2D eigenvalue weighted by molar-refractivity contribution is 6.83. The van der Waals surface area contributed by atoms with Crippen molar-refractivity contribution in [2.24, 2.45) is 5.92 Å². The van der Waals surface area contributed by atoms with Crippen molar-refractivity contribution in [1.82, 2.24) is 0 Å². The number of halogens is 3. The molecule has 0 saturated carbocycles. The van der Waals surface area contributed by atoms with Crippen LogP contribution in [0.2, 0.25) is 19.6 Å². The molecular weight excluding hydrogens is 245 g/mol.